The van der Waals surface area contributed by atoms with Crippen LogP contribution in [0.25, 0.3) is 0 Å². The van der Waals surface area contributed by atoms with Crippen LogP contribution in [0.1, 0.15) is 70.6 Å². The van der Waals surface area contributed by atoms with Crippen LogP contribution in [-0.2, 0) is 29.6 Å². The van der Waals surface area contributed by atoms with E-state index in [4.69, 9.17) is 4.74 Å². The normalized spacial score (nSPS) is 34.8. The van der Waals surface area contributed by atoms with E-state index in [-0.39, 0.29) is 24.9 Å². The number of halogens is 2. The fourth-order valence-corrected chi connectivity index (χ4v) is 9.95. The fraction of sp³-hybridized carbons (Fsp3) is 0.947. The smallest absolute Gasteiger partial charge is 0.455 e. The minimum absolute atomic E-state index is 0.201. The van der Waals surface area contributed by atoms with Gasteiger partial charge < -0.3 is 4.74 Å². The van der Waals surface area contributed by atoms with Crippen molar-refractivity contribution in [3.63, 3.8) is 0 Å². The third kappa shape index (κ3) is 4.13. The lowest BCUT2D eigenvalue weighted by Crippen LogP contribution is -2.52. The van der Waals surface area contributed by atoms with E-state index in [0.717, 1.165) is 49.1 Å². The molecule has 0 radical (unpaired) electrons. The minimum atomic E-state index is -5.79. The van der Waals surface area contributed by atoms with Crippen molar-refractivity contribution in [2.45, 2.75) is 81.1 Å². The molecule has 5 fully saturated rings. The molecule has 0 aromatic heterocycles. The average molecular weight is 470 g/mol. The number of esters is 1. The summed E-state index contributed by atoms with van der Waals surface area (Å²) in [6.45, 7) is -0.240. The molecular weight excluding hydrogens is 440 g/mol. The molecule has 0 aromatic rings. The van der Waals surface area contributed by atoms with Crippen molar-refractivity contribution in [1.82, 2.24) is 4.13 Å². The zero-order chi connectivity index (χ0) is 21.8. The molecule has 30 heavy (non-hydrogen) atoms. The first-order valence-corrected chi connectivity index (χ1v) is 13.8. The number of sulfonamides is 2. The van der Waals surface area contributed by atoms with Crippen LogP contribution in [0.15, 0.2) is 0 Å². The van der Waals surface area contributed by atoms with Crippen LogP contribution >= 0.6 is 0 Å². The van der Waals surface area contributed by atoms with E-state index in [0.29, 0.717) is 30.6 Å². The number of carbonyl (C=O) groups is 1. The van der Waals surface area contributed by atoms with Crippen LogP contribution in [-0.4, -0.2) is 39.9 Å². The van der Waals surface area contributed by atoms with Gasteiger partial charge in [0.15, 0.2) is 0 Å². The average Bonchev–Trinajstić information content (AvgIpc) is 2.65. The van der Waals surface area contributed by atoms with Crippen molar-refractivity contribution in [1.29, 1.82) is 0 Å². The second kappa shape index (κ2) is 7.65. The lowest BCUT2D eigenvalue weighted by molar-refractivity contribution is -0.171. The Morgan fingerprint density at radius 2 is 1.43 bits per heavy atom. The quantitative estimate of drug-likeness (QED) is 0.575. The maximum Gasteiger partial charge on any atom is 0.455 e. The highest BCUT2D eigenvalue weighted by molar-refractivity contribution is 8.05. The van der Waals surface area contributed by atoms with E-state index in [9.17, 15) is 30.4 Å². The van der Waals surface area contributed by atoms with Crippen molar-refractivity contribution in [2.75, 3.05) is 6.61 Å². The molecule has 172 valence electrons. The van der Waals surface area contributed by atoms with Gasteiger partial charge in [-0.25, -0.2) is 21.6 Å². The Balaban J connectivity index is 1.41. The van der Waals surface area contributed by atoms with E-state index in [1.165, 1.54) is 0 Å². The Labute approximate surface area is 176 Å². The van der Waals surface area contributed by atoms with Gasteiger partial charge in [-0.3, -0.25) is 0 Å². The first-order valence-electron chi connectivity index (χ1n) is 10.7. The molecule has 5 saturated carbocycles. The molecule has 0 atom stereocenters. The lowest BCUT2D eigenvalue weighted by Gasteiger charge is -2.56. The van der Waals surface area contributed by atoms with Gasteiger partial charge in [-0.15, -0.1) is 4.13 Å². The predicted octanol–water partition coefficient (Wildman–Crippen LogP) is 2.92. The summed E-state index contributed by atoms with van der Waals surface area (Å²) in [5.74, 6) is -0.658. The summed E-state index contributed by atoms with van der Waals surface area (Å²) in [5, 5.41) is -6.03. The zero-order valence-electron chi connectivity index (χ0n) is 16.8. The van der Waals surface area contributed by atoms with Crippen LogP contribution in [0.5, 0.6) is 0 Å². The van der Waals surface area contributed by atoms with Crippen molar-refractivity contribution in [3.8, 4) is 0 Å². The number of hydrogen-bond acceptors (Lipinski definition) is 6. The molecule has 11 heteroatoms. The second-order valence-corrected chi connectivity index (χ2v) is 13.8. The first kappa shape index (κ1) is 22.4. The predicted molar refractivity (Wildman–Crippen MR) is 104 cm³/mol. The van der Waals surface area contributed by atoms with E-state index in [1.54, 1.807) is 0 Å². The maximum absolute atomic E-state index is 14.5. The number of rotatable bonds is 7. The number of nitrogens with one attached hydrogen (secondary N) is 1. The summed E-state index contributed by atoms with van der Waals surface area (Å²) in [5.41, 5.74) is -0.355. The molecule has 7 nitrogen and oxygen atoms in total. The van der Waals surface area contributed by atoms with Crippen LogP contribution < -0.4 is 4.13 Å². The summed E-state index contributed by atoms with van der Waals surface area (Å²) < 4.78 is 83.7. The topological polar surface area (TPSA) is 107 Å². The molecule has 0 amide bonds. The van der Waals surface area contributed by atoms with E-state index < -0.39 is 36.5 Å². The third-order valence-electron chi connectivity index (χ3n) is 7.47. The highest BCUT2D eigenvalue weighted by Gasteiger charge is 2.58. The molecule has 5 aliphatic rings. The summed E-state index contributed by atoms with van der Waals surface area (Å²) in [6.07, 6.45) is 8.16. The first-order chi connectivity index (χ1) is 13.9. The van der Waals surface area contributed by atoms with Gasteiger partial charge in [-0.2, -0.15) is 8.78 Å². The van der Waals surface area contributed by atoms with Crippen molar-refractivity contribution in [3.05, 3.63) is 0 Å². The summed E-state index contributed by atoms with van der Waals surface area (Å²) in [4.78, 5) is 12.1. The largest absolute Gasteiger partial charge is 0.460 e. The minimum Gasteiger partial charge on any atom is -0.460 e. The van der Waals surface area contributed by atoms with Gasteiger partial charge in [0, 0.05) is 5.41 Å². The molecule has 0 heterocycles. The molecule has 0 spiro atoms. The third-order valence-corrected chi connectivity index (χ3v) is 11.5. The van der Waals surface area contributed by atoms with Crippen LogP contribution in [0.2, 0.25) is 0 Å². The number of hydrogen-bond donors (Lipinski definition) is 1. The second-order valence-electron chi connectivity index (χ2n) is 9.90. The van der Waals surface area contributed by atoms with Crippen LogP contribution in [0.3, 0.4) is 0 Å². The Kier molecular flexibility index (Phi) is 5.71. The highest BCUT2D eigenvalue weighted by atomic mass is 32.3. The van der Waals surface area contributed by atoms with Gasteiger partial charge in [-0.05, 0) is 69.1 Å². The molecule has 0 saturated heterocycles. The number of alkyl halides is 2. The van der Waals surface area contributed by atoms with Gasteiger partial charge in [0.1, 0.15) is 0 Å². The van der Waals surface area contributed by atoms with Crippen molar-refractivity contribution < 1.29 is 35.1 Å². The summed E-state index contributed by atoms with van der Waals surface area (Å²) >= 11 is 0. The number of ether oxygens (including phenoxy) is 1. The fourth-order valence-electron chi connectivity index (χ4n) is 6.53. The monoisotopic (exact) mass is 469 g/mol. The van der Waals surface area contributed by atoms with E-state index >= 15 is 0 Å². The van der Waals surface area contributed by atoms with E-state index in [2.05, 4.69) is 0 Å². The zero-order valence-corrected chi connectivity index (χ0v) is 18.4. The van der Waals surface area contributed by atoms with Crippen molar-refractivity contribution >= 4 is 26.0 Å². The van der Waals surface area contributed by atoms with Gasteiger partial charge >= 0.3 is 21.2 Å². The van der Waals surface area contributed by atoms with Gasteiger partial charge in [0.2, 0.25) is 10.0 Å². The Morgan fingerprint density at radius 1 is 0.933 bits per heavy atom. The van der Waals surface area contributed by atoms with Gasteiger partial charge in [-0.1, -0.05) is 19.3 Å². The summed E-state index contributed by atoms with van der Waals surface area (Å²) in [7, 11) is -10.3. The molecule has 0 aromatic carbocycles. The maximum atomic E-state index is 14.5. The molecule has 5 aliphatic carbocycles. The van der Waals surface area contributed by atoms with Crippen molar-refractivity contribution in [2.24, 2.45) is 23.2 Å². The molecule has 4 bridgehead atoms. The standard InChI is InChI=1S/C19H29F2NO6S2/c20-19(21,30(26,27)22-29(24,25)16-4-2-1-3-5-16)17(23)28-12-18-9-13-6-14(10-18)8-15(7-13)11-18/h13-16,22H,1-12H2. The van der Waals surface area contributed by atoms with Crippen LogP contribution in [0.4, 0.5) is 8.78 Å². The molecule has 0 unspecified atom stereocenters. The summed E-state index contributed by atoms with van der Waals surface area (Å²) in [6, 6.07) is 0. The molecule has 0 aliphatic heterocycles. The molecule has 5 rings (SSSR count). The highest BCUT2D eigenvalue weighted by Crippen LogP contribution is 2.60. The lowest BCUT2D eigenvalue weighted by atomic mass is 9.50. The van der Waals surface area contributed by atoms with Gasteiger partial charge in [0.25, 0.3) is 0 Å². The van der Waals surface area contributed by atoms with Crippen LogP contribution in [0, 0.1) is 23.2 Å². The number of carbonyl (C=O) groups excluding carboxylic acids is 1. The Hall–Kier alpha value is -0.810. The molecule has 1 N–H and O–H groups in total. The Morgan fingerprint density at radius 3 is 1.93 bits per heavy atom. The SMILES string of the molecule is O=C(OCC12CC3CC(CC(C3)C1)C2)C(F)(F)S(=O)(=O)NS(=O)(=O)C1CCCCC1. The molecular formula is C19H29F2NO6S2. The van der Waals surface area contributed by atoms with E-state index in [1.807, 2.05) is 0 Å². The van der Waals surface area contributed by atoms with Gasteiger partial charge in [0.05, 0.1) is 11.9 Å². The Bertz CT molecular complexity index is 861.